The molecule has 3 rings (SSSR count). The molecular weight excluding hydrogens is 321 g/mol. The van der Waals surface area contributed by atoms with E-state index in [1.165, 1.54) is 0 Å². The number of esters is 1. The third kappa shape index (κ3) is 2.82. The molecule has 112 valence electrons. The first-order valence-electron chi connectivity index (χ1n) is 6.84. The Morgan fingerprint density at radius 2 is 1.91 bits per heavy atom. The molecule has 5 heteroatoms. The molecule has 0 atom stereocenters. The molecule has 0 radical (unpaired) electrons. The van der Waals surface area contributed by atoms with Gasteiger partial charge in [-0.25, -0.2) is 4.79 Å². The van der Waals surface area contributed by atoms with E-state index >= 15 is 0 Å². The summed E-state index contributed by atoms with van der Waals surface area (Å²) in [4.78, 5) is 15.1. The summed E-state index contributed by atoms with van der Waals surface area (Å²) in [5.41, 5.74) is 3.20. The molecule has 0 aliphatic rings. The van der Waals surface area contributed by atoms with Crippen molar-refractivity contribution < 1.29 is 9.53 Å². The van der Waals surface area contributed by atoms with Crippen LogP contribution in [0.5, 0.6) is 0 Å². The van der Waals surface area contributed by atoms with Crippen molar-refractivity contribution in [1.29, 1.82) is 0 Å². The van der Waals surface area contributed by atoms with Gasteiger partial charge in [0.05, 0.1) is 22.2 Å². The molecule has 0 bridgehead atoms. The molecule has 0 saturated carbocycles. The second-order valence-corrected chi connectivity index (χ2v) is 5.65. The van der Waals surface area contributed by atoms with Crippen LogP contribution in [-0.4, -0.2) is 17.6 Å². The number of rotatable bonds is 3. The standard InChI is InChI=1S/C17H13Cl2NO2/c1-2-22-17(21)11-5-3-4-10(6-11)15-8-12-7-13(18)14(19)9-16(12)20-15/h3-9,20H,2H2,1H3. The fraction of sp³-hybridized carbons (Fsp3) is 0.118. The van der Waals surface area contributed by atoms with Gasteiger partial charge in [-0.1, -0.05) is 35.3 Å². The molecule has 0 fully saturated rings. The highest BCUT2D eigenvalue weighted by Crippen LogP contribution is 2.31. The monoisotopic (exact) mass is 333 g/mol. The average Bonchev–Trinajstić information content (AvgIpc) is 2.91. The van der Waals surface area contributed by atoms with E-state index in [0.717, 1.165) is 22.2 Å². The Balaban J connectivity index is 2.04. The SMILES string of the molecule is CCOC(=O)c1cccc(-c2cc3cc(Cl)c(Cl)cc3[nH]2)c1. The largest absolute Gasteiger partial charge is 0.462 e. The van der Waals surface area contributed by atoms with Gasteiger partial charge < -0.3 is 9.72 Å². The molecule has 0 spiro atoms. The molecule has 2 aromatic carbocycles. The Kier molecular flexibility index (Phi) is 4.10. The van der Waals surface area contributed by atoms with E-state index in [-0.39, 0.29) is 5.97 Å². The summed E-state index contributed by atoms with van der Waals surface area (Å²) in [6.45, 7) is 2.14. The maximum Gasteiger partial charge on any atom is 0.338 e. The highest BCUT2D eigenvalue weighted by Gasteiger charge is 2.10. The Labute approximate surface area is 137 Å². The molecule has 3 aromatic rings. The molecular formula is C17H13Cl2NO2. The lowest BCUT2D eigenvalue weighted by molar-refractivity contribution is 0.0526. The van der Waals surface area contributed by atoms with E-state index in [4.69, 9.17) is 27.9 Å². The van der Waals surface area contributed by atoms with Crippen molar-refractivity contribution in [1.82, 2.24) is 4.98 Å². The minimum absolute atomic E-state index is 0.327. The molecule has 3 nitrogen and oxygen atoms in total. The number of aromatic nitrogens is 1. The van der Waals surface area contributed by atoms with Crippen LogP contribution in [-0.2, 0) is 4.74 Å². The fourth-order valence-corrected chi connectivity index (χ4v) is 2.65. The van der Waals surface area contributed by atoms with Crippen LogP contribution in [0, 0.1) is 0 Å². The van der Waals surface area contributed by atoms with Gasteiger partial charge in [0.25, 0.3) is 0 Å². The fourth-order valence-electron chi connectivity index (χ4n) is 2.31. The molecule has 0 amide bonds. The Morgan fingerprint density at radius 1 is 1.14 bits per heavy atom. The number of H-pyrrole nitrogens is 1. The van der Waals surface area contributed by atoms with Crippen molar-refractivity contribution in [3.63, 3.8) is 0 Å². The van der Waals surface area contributed by atoms with Crippen LogP contribution in [0.2, 0.25) is 10.0 Å². The third-order valence-corrected chi connectivity index (χ3v) is 4.07. The van der Waals surface area contributed by atoms with E-state index < -0.39 is 0 Å². The second kappa shape index (κ2) is 6.03. The summed E-state index contributed by atoms with van der Waals surface area (Å²) < 4.78 is 5.03. The van der Waals surface area contributed by atoms with Gasteiger partial charge in [-0.3, -0.25) is 0 Å². The first kappa shape index (κ1) is 14.9. The summed E-state index contributed by atoms with van der Waals surface area (Å²) in [7, 11) is 0. The number of ether oxygens (including phenoxy) is 1. The van der Waals surface area contributed by atoms with Gasteiger partial charge in [0.2, 0.25) is 0 Å². The van der Waals surface area contributed by atoms with Crippen molar-refractivity contribution in [2.24, 2.45) is 0 Å². The van der Waals surface area contributed by atoms with Crippen LogP contribution in [0.15, 0.2) is 42.5 Å². The molecule has 0 aliphatic heterocycles. The molecule has 0 unspecified atom stereocenters. The van der Waals surface area contributed by atoms with Crippen molar-refractivity contribution in [3.05, 3.63) is 58.1 Å². The number of carbonyl (C=O) groups is 1. The van der Waals surface area contributed by atoms with Crippen molar-refractivity contribution in [2.75, 3.05) is 6.61 Å². The maximum absolute atomic E-state index is 11.8. The molecule has 0 saturated heterocycles. The highest BCUT2D eigenvalue weighted by molar-refractivity contribution is 6.42. The minimum atomic E-state index is -0.327. The third-order valence-electron chi connectivity index (χ3n) is 3.35. The number of benzene rings is 2. The average molecular weight is 334 g/mol. The number of nitrogens with one attached hydrogen (secondary N) is 1. The van der Waals surface area contributed by atoms with Crippen LogP contribution in [0.25, 0.3) is 22.2 Å². The maximum atomic E-state index is 11.8. The molecule has 1 N–H and O–H groups in total. The number of fused-ring (bicyclic) bond motifs is 1. The Bertz CT molecular complexity index is 816. The molecule has 1 heterocycles. The Morgan fingerprint density at radius 3 is 2.68 bits per heavy atom. The first-order chi connectivity index (χ1) is 10.6. The molecule has 22 heavy (non-hydrogen) atoms. The van der Waals surface area contributed by atoms with Crippen LogP contribution < -0.4 is 0 Å². The van der Waals surface area contributed by atoms with Gasteiger partial charge >= 0.3 is 5.97 Å². The predicted octanol–water partition coefficient (Wildman–Crippen LogP) is 5.32. The van der Waals surface area contributed by atoms with E-state index in [1.807, 2.05) is 24.3 Å². The zero-order chi connectivity index (χ0) is 15.7. The second-order valence-electron chi connectivity index (χ2n) is 4.84. The van der Waals surface area contributed by atoms with Gasteiger partial charge in [0, 0.05) is 16.6 Å². The van der Waals surface area contributed by atoms with Crippen molar-refractivity contribution in [2.45, 2.75) is 6.92 Å². The number of halogens is 2. The lowest BCUT2D eigenvalue weighted by Crippen LogP contribution is -2.04. The highest BCUT2D eigenvalue weighted by atomic mass is 35.5. The first-order valence-corrected chi connectivity index (χ1v) is 7.59. The van der Waals surface area contributed by atoms with Crippen LogP contribution in [0.1, 0.15) is 17.3 Å². The zero-order valence-electron chi connectivity index (χ0n) is 11.8. The van der Waals surface area contributed by atoms with E-state index in [1.54, 1.807) is 25.1 Å². The topological polar surface area (TPSA) is 42.1 Å². The molecule has 0 aliphatic carbocycles. The number of hydrogen-bond acceptors (Lipinski definition) is 2. The summed E-state index contributed by atoms with van der Waals surface area (Å²) in [5.74, 6) is -0.327. The normalized spacial score (nSPS) is 10.9. The van der Waals surface area contributed by atoms with E-state index in [0.29, 0.717) is 22.2 Å². The number of aromatic amines is 1. The number of carbonyl (C=O) groups excluding carboxylic acids is 1. The number of hydrogen-bond donors (Lipinski definition) is 1. The summed E-state index contributed by atoms with van der Waals surface area (Å²) in [6.07, 6.45) is 0. The lowest BCUT2D eigenvalue weighted by Gasteiger charge is -2.03. The van der Waals surface area contributed by atoms with Crippen LogP contribution in [0.3, 0.4) is 0 Å². The van der Waals surface area contributed by atoms with E-state index in [9.17, 15) is 4.79 Å². The van der Waals surface area contributed by atoms with Crippen LogP contribution >= 0.6 is 23.2 Å². The van der Waals surface area contributed by atoms with Gasteiger partial charge in [0.1, 0.15) is 0 Å². The van der Waals surface area contributed by atoms with Crippen molar-refractivity contribution in [3.8, 4) is 11.3 Å². The summed E-state index contributed by atoms with van der Waals surface area (Å²) in [6, 6.07) is 12.9. The smallest absolute Gasteiger partial charge is 0.338 e. The zero-order valence-corrected chi connectivity index (χ0v) is 13.3. The summed E-state index contributed by atoms with van der Waals surface area (Å²) >= 11 is 12.1. The minimum Gasteiger partial charge on any atom is -0.462 e. The Hall–Kier alpha value is -1.97. The van der Waals surface area contributed by atoms with Gasteiger partial charge in [-0.15, -0.1) is 0 Å². The predicted molar refractivity (Wildman–Crippen MR) is 89.7 cm³/mol. The van der Waals surface area contributed by atoms with Gasteiger partial charge in [0.15, 0.2) is 0 Å². The molecule has 1 aromatic heterocycles. The quantitative estimate of drug-likeness (QED) is 0.659. The van der Waals surface area contributed by atoms with Gasteiger partial charge in [-0.05, 0) is 42.8 Å². The van der Waals surface area contributed by atoms with Crippen LogP contribution in [0.4, 0.5) is 0 Å². The summed E-state index contributed by atoms with van der Waals surface area (Å²) in [5, 5.41) is 1.98. The van der Waals surface area contributed by atoms with E-state index in [2.05, 4.69) is 4.98 Å². The van der Waals surface area contributed by atoms with Gasteiger partial charge in [-0.2, -0.15) is 0 Å². The lowest BCUT2D eigenvalue weighted by atomic mass is 10.1. The van der Waals surface area contributed by atoms with Crippen molar-refractivity contribution >= 4 is 40.1 Å².